The van der Waals surface area contributed by atoms with Crippen molar-refractivity contribution in [2.45, 2.75) is 25.0 Å². The Kier molecular flexibility index (Phi) is 6.63. The molecule has 2 aromatic rings. The summed E-state index contributed by atoms with van der Waals surface area (Å²) in [6, 6.07) is 19.0. The average Bonchev–Trinajstić information content (AvgIpc) is 2.69. The van der Waals surface area contributed by atoms with Crippen molar-refractivity contribution in [2.24, 2.45) is 0 Å². The van der Waals surface area contributed by atoms with Gasteiger partial charge in [0.25, 0.3) is 5.91 Å². The zero-order chi connectivity index (χ0) is 18.2. The van der Waals surface area contributed by atoms with Crippen molar-refractivity contribution in [3.05, 3.63) is 66.2 Å². The summed E-state index contributed by atoms with van der Waals surface area (Å²) in [4.78, 5) is 14.4. The molecule has 1 heterocycles. The molecule has 0 bridgehead atoms. The molecule has 5 nitrogen and oxygen atoms in total. The Bertz CT molecular complexity index is 670. The summed E-state index contributed by atoms with van der Waals surface area (Å²) < 4.78 is 5.60. The molecule has 1 fully saturated rings. The van der Waals surface area contributed by atoms with Gasteiger partial charge in [-0.3, -0.25) is 4.79 Å². The Hall–Kier alpha value is -2.37. The lowest BCUT2D eigenvalue weighted by Gasteiger charge is -2.33. The van der Waals surface area contributed by atoms with Gasteiger partial charge in [-0.1, -0.05) is 36.4 Å². The summed E-state index contributed by atoms with van der Waals surface area (Å²) in [5.74, 6) is 0.759. The first-order valence-electron chi connectivity index (χ1n) is 9.15. The summed E-state index contributed by atoms with van der Waals surface area (Å²) in [5.41, 5.74) is 0.698. The number of ether oxygens (including phenoxy) is 1. The van der Waals surface area contributed by atoms with Gasteiger partial charge in [0.1, 0.15) is 18.5 Å². The van der Waals surface area contributed by atoms with E-state index in [0.29, 0.717) is 12.1 Å². The lowest BCUT2D eigenvalue weighted by molar-refractivity contribution is 0.0568. The van der Waals surface area contributed by atoms with Gasteiger partial charge >= 0.3 is 0 Å². The quantitative estimate of drug-likeness (QED) is 0.801. The Morgan fingerprint density at radius 1 is 1.08 bits per heavy atom. The SMILES string of the molecule is O=C(NC1CCN(C[C@H](O)COc2ccccc2)CC1)c1ccccc1. The third-order valence-corrected chi connectivity index (χ3v) is 4.61. The fourth-order valence-electron chi connectivity index (χ4n) is 3.18. The standard InChI is InChI=1S/C21H26N2O3/c24-19(16-26-20-9-5-2-6-10-20)15-23-13-11-18(12-14-23)22-21(25)17-7-3-1-4-8-17/h1-10,18-19,24H,11-16H2,(H,22,25)/t19-/m0/s1. The highest BCUT2D eigenvalue weighted by molar-refractivity contribution is 5.94. The van der Waals surface area contributed by atoms with E-state index < -0.39 is 6.10 Å². The number of nitrogens with zero attached hydrogens (tertiary/aromatic N) is 1. The van der Waals surface area contributed by atoms with Gasteiger partial charge in [0, 0.05) is 31.2 Å². The highest BCUT2D eigenvalue weighted by Crippen LogP contribution is 2.13. The molecule has 2 N–H and O–H groups in total. The van der Waals surface area contributed by atoms with Gasteiger partial charge in [0.15, 0.2) is 0 Å². The van der Waals surface area contributed by atoms with E-state index >= 15 is 0 Å². The van der Waals surface area contributed by atoms with E-state index in [9.17, 15) is 9.90 Å². The van der Waals surface area contributed by atoms with Crippen molar-refractivity contribution >= 4 is 5.91 Å². The zero-order valence-corrected chi connectivity index (χ0v) is 14.9. The molecule has 0 spiro atoms. The van der Waals surface area contributed by atoms with E-state index in [-0.39, 0.29) is 18.6 Å². The number of carbonyl (C=O) groups excluding carboxylic acids is 1. The van der Waals surface area contributed by atoms with Crippen LogP contribution in [0.4, 0.5) is 0 Å². The van der Waals surface area contributed by atoms with Crippen molar-refractivity contribution in [1.29, 1.82) is 0 Å². The zero-order valence-electron chi connectivity index (χ0n) is 14.9. The molecule has 0 aliphatic carbocycles. The second-order valence-electron chi connectivity index (χ2n) is 6.69. The molecule has 1 aliphatic heterocycles. The molecule has 1 amide bonds. The molecule has 0 saturated carbocycles. The third-order valence-electron chi connectivity index (χ3n) is 4.61. The monoisotopic (exact) mass is 354 g/mol. The van der Waals surface area contributed by atoms with Crippen molar-refractivity contribution in [2.75, 3.05) is 26.2 Å². The maximum atomic E-state index is 12.2. The van der Waals surface area contributed by atoms with E-state index in [1.165, 1.54) is 0 Å². The van der Waals surface area contributed by atoms with Crippen LogP contribution in [0.3, 0.4) is 0 Å². The van der Waals surface area contributed by atoms with Crippen LogP contribution in [0.5, 0.6) is 5.75 Å². The van der Waals surface area contributed by atoms with Crippen LogP contribution in [0, 0.1) is 0 Å². The van der Waals surface area contributed by atoms with Crippen molar-refractivity contribution in [3.8, 4) is 5.75 Å². The molecule has 0 radical (unpaired) electrons. The topological polar surface area (TPSA) is 61.8 Å². The molecule has 2 aromatic carbocycles. The number of amides is 1. The maximum absolute atomic E-state index is 12.2. The molecule has 1 saturated heterocycles. The second kappa shape index (κ2) is 9.36. The van der Waals surface area contributed by atoms with E-state index in [0.717, 1.165) is 31.7 Å². The van der Waals surface area contributed by atoms with Gasteiger partial charge in [-0.25, -0.2) is 0 Å². The summed E-state index contributed by atoms with van der Waals surface area (Å²) in [6.07, 6.45) is 1.26. The van der Waals surface area contributed by atoms with Crippen LogP contribution >= 0.6 is 0 Å². The van der Waals surface area contributed by atoms with Crippen molar-refractivity contribution in [3.63, 3.8) is 0 Å². The highest BCUT2D eigenvalue weighted by atomic mass is 16.5. The van der Waals surface area contributed by atoms with Crippen LogP contribution in [-0.2, 0) is 0 Å². The van der Waals surface area contributed by atoms with Crippen LogP contribution in [0.2, 0.25) is 0 Å². The van der Waals surface area contributed by atoms with Crippen LogP contribution < -0.4 is 10.1 Å². The van der Waals surface area contributed by atoms with Crippen LogP contribution in [0.1, 0.15) is 23.2 Å². The number of carbonyl (C=O) groups is 1. The number of aliphatic hydroxyl groups is 1. The van der Waals surface area contributed by atoms with Gasteiger partial charge in [-0.2, -0.15) is 0 Å². The number of hydrogen-bond donors (Lipinski definition) is 2. The fraction of sp³-hybridized carbons (Fsp3) is 0.381. The van der Waals surface area contributed by atoms with Crippen molar-refractivity contribution < 1.29 is 14.6 Å². The Labute approximate surface area is 154 Å². The Balaban J connectivity index is 1.36. The largest absolute Gasteiger partial charge is 0.491 e. The first-order chi connectivity index (χ1) is 12.7. The predicted molar refractivity (Wildman–Crippen MR) is 101 cm³/mol. The van der Waals surface area contributed by atoms with E-state index in [2.05, 4.69) is 10.2 Å². The van der Waals surface area contributed by atoms with Crippen LogP contribution in [-0.4, -0.2) is 54.3 Å². The fourth-order valence-corrected chi connectivity index (χ4v) is 3.18. The molecule has 3 rings (SSSR count). The van der Waals surface area contributed by atoms with Crippen LogP contribution in [0.15, 0.2) is 60.7 Å². The number of nitrogens with one attached hydrogen (secondary N) is 1. The number of hydrogen-bond acceptors (Lipinski definition) is 4. The molecule has 1 atom stereocenters. The number of β-amino-alcohol motifs (C(OH)–C–C–N with tert-alkyl or cyclic N) is 1. The summed E-state index contributed by atoms with van der Waals surface area (Å²) >= 11 is 0. The minimum absolute atomic E-state index is 0.0136. The molecule has 138 valence electrons. The number of piperidine rings is 1. The van der Waals surface area contributed by atoms with Crippen LogP contribution in [0.25, 0.3) is 0 Å². The number of rotatable bonds is 7. The number of para-hydroxylation sites is 1. The smallest absolute Gasteiger partial charge is 0.251 e. The molecular weight excluding hydrogens is 328 g/mol. The second-order valence-corrected chi connectivity index (χ2v) is 6.69. The molecule has 1 aliphatic rings. The normalized spacial score (nSPS) is 16.8. The predicted octanol–water partition coefficient (Wildman–Crippen LogP) is 2.32. The first-order valence-corrected chi connectivity index (χ1v) is 9.15. The molecule has 0 aromatic heterocycles. The highest BCUT2D eigenvalue weighted by Gasteiger charge is 2.22. The molecule has 26 heavy (non-hydrogen) atoms. The molecular formula is C21H26N2O3. The van der Waals surface area contributed by atoms with Gasteiger partial charge in [0.2, 0.25) is 0 Å². The maximum Gasteiger partial charge on any atom is 0.251 e. The summed E-state index contributed by atoms with van der Waals surface area (Å²) in [6.45, 7) is 2.60. The first kappa shape index (κ1) is 18.4. The van der Waals surface area contributed by atoms with Gasteiger partial charge < -0.3 is 20.1 Å². The summed E-state index contributed by atoms with van der Waals surface area (Å²) in [5, 5.41) is 13.3. The number of likely N-dealkylation sites (tertiary alicyclic amines) is 1. The lowest BCUT2D eigenvalue weighted by Crippen LogP contribution is -2.47. The Morgan fingerprint density at radius 2 is 1.69 bits per heavy atom. The van der Waals surface area contributed by atoms with Gasteiger partial charge in [0.05, 0.1) is 0 Å². The Morgan fingerprint density at radius 3 is 2.35 bits per heavy atom. The molecule has 0 unspecified atom stereocenters. The number of benzene rings is 2. The summed E-state index contributed by atoms with van der Waals surface area (Å²) in [7, 11) is 0. The molecule has 5 heteroatoms. The minimum Gasteiger partial charge on any atom is -0.491 e. The minimum atomic E-state index is -0.523. The number of aliphatic hydroxyl groups excluding tert-OH is 1. The van der Waals surface area contributed by atoms with Gasteiger partial charge in [-0.05, 0) is 37.1 Å². The van der Waals surface area contributed by atoms with E-state index in [4.69, 9.17) is 4.74 Å². The van der Waals surface area contributed by atoms with E-state index in [1.807, 2.05) is 60.7 Å². The third kappa shape index (κ3) is 5.58. The van der Waals surface area contributed by atoms with Gasteiger partial charge in [-0.15, -0.1) is 0 Å². The van der Waals surface area contributed by atoms with Crippen molar-refractivity contribution in [1.82, 2.24) is 10.2 Å². The average molecular weight is 354 g/mol. The lowest BCUT2D eigenvalue weighted by atomic mass is 10.0. The van der Waals surface area contributed by atoms with E-state index in [1.54, 1.807) is 0 Å².